The summed E-state index contributed by atoms with van der Waals surface area (Å²) in [6.45, 7) is 38.4. The number of aromatic nitrogens is 1. The molecule has 3 aliphatic rings. The minimum absolute atomic E-state index is 0.0559. The van der Waals surface area contributed by atoms with Crippen molar-refractivity contribution in [1.82, 2.24) is 4.98 Å². The molecule has 0 saturated heterocycles. The molecule has 4 heterocycles. The van der Waals surface area contributed by atoms with Crippen molar-refractivity contribution in [1.29, 1.82) is 0 Å². The van der Waals surface area contributed by atoms with Crippen molar-refractivity contribution in [3.05, 3.63) is 142 Å². The zero-order chi connectivity index (χ0) is 59.3. The molecule has 10 rings (SSSR count). The van der Waals surface area contributed by atoms with Crippen LogP contribution in [0.15, 0.2) is 103 Å². The molecule has 0 amide bonds. The Kier molecular flexibility index (Phi) is 8.43. The van der Waals surface area contributed by atoms with Crippen LogP contribution in [-0.2, 0) is 37.9 Å². The highest BCUT2D eigenvalue weighted by atomic mass is 32.1. The van der Waals surface area contributed by atoms with Crippen LogP contribution in [0.2, 0.25) is 0 Å². The first kappa shape index (κ1) is 37.6. The van der Waals surface area contributed by atoms with E-state index in [-0.39, 0.29) is 98.2 Å². The van der Waals surface area contributed by atoms with E-state index in [0.29, 0.717) is 33.7 Å². The van der Waals surface area contributed by atoms with Crippen LogP contribution in [0.25, 0.3) is 21.2 Å². The van der Waals surface area contributed by atoms with E-state index in [2.05, 4.69) is 111 Å². The second-order valence-electron chi connectivity index (χ2n) is 26.9. The Morgan fingerprint density at radius 1 is 0.557 bits per heavy atom. The van der Waals surface area contributed by atoms with Crippen LogP contribution < -0.4 is 25.5 Å². The van der Waals surface area contributed by atoms with Crippen LogP contribution in [-0.4, -0.2) is 11.7 Å². The summed E-state index contributed by atoms with van der Waals surface area (Å²) < 4.78 is 103. The molecule has 0 bridgehead atoms. The van der Waals surface area contributed by atoms with Gasteiger partial charge in [-0.1, -0.05) is 186 Å². The molecule has 0 fully saturated rings. The summed E-state index contributed by atoms with van der Waals surface area (Å²) >= 11 is 1.64. The number of hydrogen-bond acceptors (Lipinski definition) is 4. The molecule has 7 aromatic rings. The first-order valence-corrected chi connectivity index (χ1v) is 26.1. The van der Waals surface area contributed by atoms with E-state index in [4.69, 9.17) is 4.98 Å². The average molecular weight is 954 g/mol. The predicted octanol–water partition coefficient (Wildman–Crippen LogP) is 16.9. The first-order chi connectivity index (χ1) is 36.6. The number of thiophene rings is 1. The maximum Gasteiger partial charge on any atom is 0.266 e. The monoisotopic (exact) mass is 954 g/mol. The summed E-state index contributed by atoms with van der Waals surface area (Å²) in [5.41, 5.74) is 4.68. The van der Waals surface area contributed by atoms with Gasteiger partial charge in [0.25, 0.3) is 6.71 Å². The summed E-state index contributed by atoms with van der Waals surface area (Å²) in [5.74, 6) is 0.586. The molecule has 0 N–H and O–H groups in total. The molecule has 362 valence electrons. The van der Waals surface area contributed by atoms with Crippen molar-refractivity contribution < 1.29 is 13.7 Å². The van der Waals surface area contributed by atoms with Gasteiger partial charge in [0.2, 0.25) is 0 Å². The highest BCUT2D eigenvalue weighted by Crippen LogP contribution is 2.53. The molecule has 5 heteroatoms. The molecular formula is C65H78BN3S. The summed E-state index contributed by atoms with van der Waals surface area (Å²) in [4.78, 5) is 9.80. The van der Waals surface area contributed by atoms with E-state index in [1.54, 1.807) is 16.2 Å². The van der Waals surface area contributed by atoms with Gasteiger partial charge < -0.3 is 4.90 Å². The van der Waals surface area contributed by atoms with Crippen molar-refractivity contribution in [3.8, 4) is 11.1 Å². The predicted molar refractivity (Wildman–Crippen MR) is 308 cm³/mol. The highest BCUT2D eigenvalue weighted by Gasteiger charge is 2.48. The Labute approximate surface area is 440 Å². The molecule has 1 aliphatic carbocycles. The van der Waals surface area contributed by atoms with E-state index in [9.17, 15) is 13.7 Å². The van der Waals surface area contributed by atoms with Gasteiger partial charge in [0.15, 0.2) is 0 Å². The molecule has 70 heavy (non-hydrogen) atoms. The van der Waals surface area contributed by atoms with Crippen molar-refractivity contribution >= 4 is 78.1 Å². The Hall–Kier alpha value is -5.13. The van der Waals surface area contributed by atoms with Gasteiger partial charge in [-0.15, -0.1) is 11.3 Å². The quantitative estimate of drug-likeness (QED) is 0.165. The SMILES string of the molecule is [2H]c1c([2H])c(C(C)(C)C)c([2H])c([2H])c1-c1c([2H])c(C(C)(C)C)c([2H])c([2H])c1N1c2cc(C(C)(C)C)nc3c2B(c2sc4ccc(C(C)(C)C)cc4c2N3c2ccc3c(c2)C(C)(C)CCC3(C)C)c2c([2H])c(C(C)(C)C)c([2H])c([2H])c21. The Morgan fingerprint density at radius 2 is 1.13 bits per heavy atom. The minimum Gasteiger partial charge on any atom is -0.311 e. The molecule has 0 saturated carbocycles. The van der Waals surface area contributed by atoms with Crippen LogP contribution in [0.3, 0.4) is 0 Å². The lowest BCUT2D eigenvalue weighted by molar-refractivity contribution is 0.332. The lowest BCUT2D eigenvalue weighted by Crippen LogP contribution is -2.61. The van der Waals surface area contributed by atoms with E-state index < -0.39 is 40.5 Å². The number of hydrogen-bond donors (Lipinski definition) is 0. The second kappa shape index (κ2) is 15.7. The van der Waals surface area contributed by atoms with E-state index in [0.717, 1.165) is 44.6 Å². The summed E-state index contributed by atoms with van der Waals surface area (Å²) in [5, 5.41) is 1.02. The van der Waals surface area contributed by atoms with Gasteiger partial charge in [0, 0.05) is 42.9 Å². The molecule has 0 unspecified atom stereocenters. The summed E-state index contributed by atoms with van der Waals surface area (Å²) in [6, 6.07) is 13.0. The van der Waals surface area contributed by atoms with Crippen molar-refractivity contribution in [2.75, 3.05) is 9.80 Å². The molecule has 0 radical (unpaired) electrons. The third-order valence-electron chi connectivity index (χ3n) is 15.1. The molecular weight excluding hydrogens is 866 g/mol. The Balaban J connectivity index is 1.48. The normalized spacial score (nSPS) is 18.5. The molecule has 5 aromatic carbocycles. The maximum absolute atomic E-state index is 10.7. The van der Waals surface area contributed by atoms with Crippen molar-refractivity contribution in [2.24, 2.45) is 0 Å². The fraction of sp³-hybridized carbons (Fsp3) is 0.431. The number of rotatable bonds is 3. The van der Waals surface area contributed by atoms with Gasteiger partial charge in [-0.3, -0.25) is 4.90 Å². The first-order valence-electron chi connectivity index (χ1n) is 30.3. The Bertz CT molecular complexity index is 3810. The zero-order valence-electron chi connectivity index (χ0n) is 55.3. The molecule has 3 nitrogen and oxygen atoms in total. The van der Waals surface area contributed by atoms with Gasteiger partial charge in [0.05, 0.1) is 30.8 Å². The minimum atomic E-state index is -0.908. The van der Waals surface area contributed by atoms with Crippen LogP contribution >= 0.6 is 11.3 Å². The van der Waals surface area contributed by atoms with E-state index in [1.165, 1.54) is 11.1 Å². The lowest BCUT2D eigenvalue weighted by Gasteiger charge is -2.45. The third-order valence-corrected chi connectivity index (χ3v) is 16.4. The number of nitrogens with zero attached hydrogens (tertiary/aromatic N) is 3. The summed E-state index contributed by atoms with van der Waals surface area (Å²) in [6.07, 6.45) is 2.04. The van der Waals surface area contributed by atoms with Gasteiger partial charge >= 0.3 is 0 Å². The summed E-state index contributed by atoms with van der Waals surface area (Å²) in [7, 11) is 0. The largest absolute Gasteiger partial charge is 0.311 e. The topological polar surface area (TPSA) is 19.4 Å². The van der Waals surface area contributed by atoms with Crippen LogP contribution in [0.1, 0.15) is 197 Å². The van der Waals surface area contributed by atoms with E-state index >= 15 is 0 Å². The fourth-order valence-electron chi connectivity index (χ4n) is 10.5. The van der Waals surface area contributed by atoms with Crippen LogP contribution in [0.5, 0.6) is 0 Å². The molecule has 2 aliphatic heterocycles. The van der Waals surface area contributed by atoms with Crippen LogP contribution in [0.4, 0.5) is 34.3 Å². The number of benzene rings is 5. The lowest BCUT2D eigenvalue weighted by atomic mass is 9.36. The van der Waals surface area contributed by atoms with Gasteiger partial charge in [0.1, 0.15) is 5.82 Å². The molecule has 0 spiro atoms. The highest BCUT2D eigenvalue weighted by molar-refractivity contribution is 7.33. The van der Waals surface area contributed by atoms with Crippen molar-refractivity contribution in [2.45, 2.75) is 182 Å². The molecule has 0 atom stereocenters. The second-order valence-corrected chi connectivity index (χ2v) is 28.0. The number of pyridine rings is 1. The Morgan fingerprint density at radius 3 is 1.73 bits per heavy atom. The smallest absolute Gasteiger partial charge is 0.266 e. The number of fused-ring (bicyclic) bond motifs is 7. The standard InChI is InChI=1S/C65H78BN3S/c1-59(2,3)40-22-20-39(21-23-40)45-34-41(60(4,5)6)24-29-50(45)69-51-30-25-43(62(10,11)12)36-49(51)66-55-52(69)38-54(63(13,14)15)67-58(55)68(44-27-28-47-48(37-44)65(18,19)33-32-64(47,16)17)56-46-35-42(61(7,8)9)26-31-53(46)70-57(56)66/h20-31,34-38H,32-33H2,1-19H3/i20D,21D,22D,23D,24D,25D,29D,30D,34D,36D. The zero-order valence-corrected chi connectivity index (χ0v) is 46.1. The van der Waals surface area contributed by atoms with Gasteiger partial charge in [-0.05, 0) is 144 Å². The third kappa shape index (κ3) is 7.96. The molecule has 2 aromatic heterocycles. The van der Waals surface area contributed by atoms with Gasteiger partial charge in [-0.2, -0.15) is 0 Å². The van der Waals surface area contributed by atoms with Crippen LogP contribution in [0, 0.1) is 0 Å². The fourth-order valence-corrected chi connectivity index (χ4v) is 11.8. The number of anilines is 6. The average Bonchev–Trinajstić information content (AvgIpc) is 3.90. The van der Waals surface area contributed by atoms with E-state index in [1.807, 2.05) is 68.4 Å². The van der Waals surface area contributed by atoms with Crippen molar-refractivity contribution in [3.63, 3.8) is 0 Å². The van der Waals surface area contributed by atoms with Gasteiger partial charge in [-0.25, -0.2) is 4.98 Å². The maximum atomic E-state index is 10.7.